The molecule has 3 heteroatoms. The molecule has 0 unspecified atom stereocenters. The van der Waals surface area contributed by atoms with Gasteiger partial charge in [0.1, 0.15) is 5.75 Å². The molecule has 0 spiro atoms. The Hall–Kier alpha value is -0.760. The maximum atomic E-state index is 7.01. The maximum Gasteiger partial charge on any atom is 0.229 e. The van der Waals surface area contributed by atoms with Crippen molar-refractivity contribution in [2.24, 2.45) is 5.92 Å². The van der Waals surface area contributed by atoms with Crippen LogP contribution in [0.3, 0.4) is 0 Å². The summed E-state index contributed by atoms with van der Waals surface area (Å²) in [5.74, 6) is 1.17. The van der Waals surface area contributed by atoms with Crippen LogP contribution < -0.4 is 4.74 Å². The molecule has 0 atom stereocenters. The van der Waals surface area contributed by atoms with E-state index in [1.165, 1.54) is 0 Å². The highest BCUT2D eigenvalue weighted by Crippen LogP contribution is 2.29. The van der Waals surface area contributed by atoms with Crippen LogP contribution >= 0.6 is 22.6 Å². The zero-order chi connectivity index (χ0) is 10.6. The van der Waals surface area contributed by atoms with Gasteiger partial charge in [-0.2, -0.15) is 0 Å². The van der Waals surface area contributed by atoms with Gasteiger partial charge in [0.05, 0.1) is 13.2 Å². The molecule has 1 aromatic rings. The van der Waals surface area contributed by atoms with Gasteiger partial charge in [-0.3, -0.25) is 0 Å². The molecule has 1 rings (SSSR count). The normalized spacial score (nSPS) is 9.93. The van der Waals surface area contributed by atoms with Crippen molar-refractivity contribution in [2.75, 3.05) is 6.61 Å². The Bertz CT molecular complexity index is 355. The molecule has 1 aromatic carbocycles. The Kier molecular flexibility index (Phi) is 4.21. The van der Waals surface area contributed by atoms with Crippen LogP contribution in [0.5, 0.6) is 5.75 Å². The fraction of sp³-hybridized carbons (Fsp3) is 0.364. The average molecular weight is 301 g/mol. The molecule has 0 saturated heterocycles. The summed E-state index contributed by atoms with van der Waals surface area (Å²) in [5.41, 5.74) is 0.595. The zero-order valence-corrected chi connectivity index (χ0v) is 10.4. The van der Waals surface area contributed by atoms with E-state index in [-0.39, 0.29) is 0 Å². The Morgan fingerprint density at radius 2 is 2.21 bits per heavy atom. The SMILES string of the molecule is [C-]#[N+]c1cc(I)ccc1OCC(C)C. The molecule has 0 radical (unpaired) electrons. The first kappa shape index (κ1) is 11.3. The highest BCUT2D eigenvalue weighted by molar-refractivity contribution is 14.1. The van der Waals surface area contributed by atoms with Crippen LogP contribution in [0.1, 0.15) is 13.8 Å². The van der Waals surface area contributed by atoms with Gasteiger partial charge in [-0.1, -0.05) is 13.8 Å². The van der Waals surface area contributed by atoms with Crippen LogP contribution in [0, 0.1) is 16.1 Å². The molecule has 0 fully saturated rings. The van der Waals surface area contributed by atoms with Crippen molar-refractivity contribution >= 4 is 28.3 Å². The number of hydrogen-bond donors (Lipinski definition) is 0. The maximum absolute atomic E-state index is 7.01. The summed E-state index contributed by atoms with van der Waals surface area (Å²) in [7, 11) is 0. The Labute approximate surface area is 98.2 Å². The number of hydrogen-bond acceptors (Lipinski definition) is 1. The standard InChI is InChI=1S/C11H12INO/c1-8(2)7-14-11-5-4-9(12)6-10(11)13-3/h4-6,8H,7H2,1-2H3. The second-order valence-corrected chi connectivity index (χ2v) is 4.67. The number of benzene rings is 1. The van der Waals surface area contributed by atoms with E-state index in [2.05, 4.69) is 41.3 Å². The Balaban J connectivity index is 2.82. The van der Waals surface area contributed by atoms with Crippen molar-refractivity contribution in [1.82, 2.24) is 0 Å². The second-order valence-electron chi connectivity index (χ2n) is 3.43. The molecule has 0 heterocycles. The van der Waals surface area contributed by atoms with E-state index in [9.17, 15) is 0 Å². The minimum absolute atomic E-state index is 0.480. The minimum atomic E-state index is 0.480. The molecule has 0 aromatic heterocycles. The van der Waals surface area contributed by atoms with Crippen molar-refractivity contribution in [1.29, 1.82) is 0 Å². The molecule has 14 heavy (non-hydrogen) atoms. The van der Waals surface area contributed by atoms with E-state index >= 15 is 0 Å². The van der Waals surface area contributed by atoms with Crippen molar-refractivity contribution in [3.8, 4) is 5.75 Å². The first-order chi connectivity index (χ1) is 6.63. The van der Waals surface area contributed by atoms with E-state index in [0.717, 1.165) is 3.57 Å². The fourth-order valence-corrected chi connectivity index (χ4v) is 1.43. The van der Waals surface area contributed by atoms with Gasteiger partial charge in [0.2, 0.25) is 5.69 Å². The second kappa shape index (κ2) is 5.20. The molecular formula is C11H12INO. The largest absolute Gasteiger partial charge is 0.504 e. The molecule has 0 aliphatic carbocycles. The van der Waals surface area contributed by atoms with Crippen molar-refractivity contribution in [3.05, 3.63) is 33.2 Å². The summed E-state index contributed by atoms with van der Waals surface area (Å²) in [5, 5.41) is 0. The highest BCUT2D eigenvalue weighted by Gasteiger charge is 2.04. The molecular weight excluding hydrogens is 289 g/mol. The van der Waals surface area contributed by atoms with Gasteiger partial charge in [0.25, 0.3) is 0 Å². The van der Waals surface area contributed by atoms with Crippen LogP contribution in [0.25, 0.3) is 4.85 Å². The summed E-state index contributed by atoms with van der Waals surface area (Å²) < 4.78 is 6.59. The Morgan fingerprint density at radius 1 is 1.50 bits per heavy atom. The summed E-state index contributed by atoms with van der Waals surface area (Å²) in [4.78, 5) is 3.43. The smallest absolute Gasteiger partial charge is 0.229 e. The van der Waals surface area contributed by atoms with Gasteiger partial charge in [0.15, 0.2) is 0 Å². The third kappa shape index (κ3) is 3.18. The lowest BCUT2D eigenvalue weighted by Gasteiger charge is -2.10. The van der Waals surface area contributed by atoms with Gasteiger partial charge in [-0.05, 0) is 46.7 Å². The lowest BCUT2D eigenvalue weighted by molar-refractivity contribution is 0.272. The van der Waals surface area contributed by atoms with Crippen molar-refractivity contribution < 1.29 is 4.74 Å². The van der Waals surface area contributed by atoms with Crippen LogP contribution in [-0.2, 0) is 0 Å². The van der Waals surface area contributed by atoms with E-state index in [1.54, 1.807) is 0 Å². The summed E-state index contributed by atoms with van der Waals surface area (Å²) in [6, 6.07) is 5.64. The van der Waals surface area contributed by atoms with E-state index in [4.69, 9.17) is 11.3 Å². The molecule has 0 amide bonds. The van der Waals surface area contributed by atoms with Crippen molar-refractivity contribution in [3.63, 3.8) is 0 Å². The Morgan fingerprint density at radius 3 is 2.79 bits per heavy atom. The van der Waals surface area contributed by atoms with E-state index in [0.29, 0.717) is 24.0 Å². The summed E-state index contributed by atoms with van der Waals surface area (Å²) in [6.07, 6.45) is 0. The van der Waals surface area contributed by atoms with Crippen LogP contribution in [0.2, 0.25) is 0 Å². The van der Waals surface area contributed by atoms with Crippen molar-refractivity contribution in [2.45, 2.75) is 13.8 Å². The lowest BCUT2D eigenvalue weighted by atomic mass is 10.2. The number of nitrogens with zero attached hydrogens (tertiary/aromatic N) is 1. The molecule has 0 aliphatic heterocycles. The zero-order valence-electron chi connectivity index (χ0n) is 8.25. The topological polar surface area (TPSA) is 13.6 Å². The van der Waals surface area contributed by atoms with Gasteiger partial charge in [-0.25, -0.2) is 4.85 Å². The molecule has 0 aliphatic rings. The highest BCUT2D eigenvalue weighted by atomic mass is 127. The predicted octanol–water partition coefficient (Wildman–Crippen LogP) is 3.88. The summed E-state index contributed by atoms with van der Waals surface area (Å²) >= 11 is 2.19. The molecule has 0 N–H and O–H groups in total. The number of halogens is 1. The monoisotopic (exact) mass is 301 g/mol. The first-order valence-electron chi connectivity index (χ1n) is 4.43. The van der Waals surface area contributed by atoms with Crippen LogP contribution in [0.4, 0.5) is 5.69 Å². The van der Waals surface area contributed by atoms with Gasteiger partial charge in [0, 0.05) is 3.57 Å². The summed E-state index contributed by atoms with van der Waals surface area (Å²) in [6.45, 7) is 11.8. The van der Waals surface area contributed by atoms with Gasteiger partial charge >= 0.3 is 0 Å². The molecule has 74 valence electrons. The minimum Gasteiger partial charge on any atom is -0.504 e. The van der Waals surface area contributed by atoms with Gasteiger partial charge < -0.3 is 4.74 Å². The van der Waals surface area contributed by atoms with Gasteiger partial charge in [-0.15, -0.1) is 0 Å². The van der Waals surface area contributed by atoms with Crippen LogP contribution in [0.15, 0.2) is 18.2 Å². The van der Waals surface area contributed by atoms with Crippen LogP contribution in [-0.4, -0.2) is 6.61 Å². The lowest BCUT2D eigenvalue weighted by Crippen LogP contribution is -2.04. The third-order valence-corrected chi connectivity index (χ3v) is 2.28. The average Bonchev–Trinajstić information content (AvgIpc) is 2.15. The first-order valence-corrected chi connectivity index (χ1v) is 5.51. The third-order valence-electron chi connectivity index (χ3n) is 1.61. The quantitative estimate of drug-likeness (QED) is 0.610. The predicted molar refractivity (Wildman–Crippen MR) is 65.8 cm³/mol. The fourth-order valence-electron chi connectivity index (χ4n) is 0.956. The molecule has 2 nitrogen and oxygen atoms in total. The number of rotatable bonds is 3. The number of ether oxygens (including phenoxy) is 1. The molecule has 0 saturated carbocycles. The molecule has 0 bridgehead atoms. The van der Waals surface area contributed by atoms with E-state index < -0.39 is 0 Å². The van der Waals surface area contributed by atoms with E-state index in [1.807, 2.05) is 18.2 Å².